The van der Waals surface area contributed by atoms with Crippen molar-refractivity contribution in [1.29, 1.82) is 0 Å². The lowest BCUT2D eigenvalue weighted by Gasteiger charge is -2.26. The third-order valence-corrected chi connectivity index (χ3v) is 3.82. The Bertz CT molecular complexity index is 832. The number of hydrogen-bond donors (Lipinski definition) is 1. The number of alkyl halides is 7. The van der Waals surface area contributed by atoms with Crippen molar-refractivity contribution >= 4 is 27.7 Å². The van der Waals surface area contributed by atoms with Gasteiger partial charge >= 0.3 is 23.9 Å². The standard InChI is InChI=1S/C14H8BrF8N3O/c15-9-6-26(5-7-1-3-8(16)4-2-7)25-10(9)24-11(27)12(17,18)13(19,20)14(21,22)23/h1-4,6H,5H2,(H,24,25,27). The zero-order valence-electron chi connectivity index (χ0n) is 12.8. The molecule has 4 nitrogen and oxygen atoms in total. The van der Waals surface area contributed by atoms with Crippen LogP contribution in [0.4, 0.5) is 40.9 Å². The van der Waals surface area contributed by atoms with E-state index in [0.29, 0.717) is 5.56 Å². The molecular weight excluding hydrogens is 458 g/mol. The molecule has 0 fully saturated rings. The Hall–Kier alpha value is -2.18. The largest absolute Gasteiger partial charge is 0.460 e. The van der Waals surface area contributed by atoms with E-state index in [1.54, 1.807) is 0 Å². The van der Waals surface area contributed by atoms with Crippen LogP contribution in [-0.2, 0) is 11.3 Å². The Morgan fingerprint density at radius 2 is 1.63 bits per heavy atom. The van der Waals surface area contributed by atoms with Crippen LogP contribution in [0.15, 0.2) is 34.9 Å². The number of aromatic nitrogens is 2. The van der Waals surface area contributed by atoms with E-state index in [1.807, 2.05) is 0 Å². The number of nitrogens with one attached hydrogen (secondary N) is 1. The number of rotatable bonds is 5. The summed E-state index contributed by atoms with van der Waals surface area (Å²) in [4.78, 5) is 11.3. The van der Waals surface area contributed by atoms with Gasteiger partial charge in [0.15, 0.2) is 5.82 Å². The van der Waals surface area contributed by atoms with Crippen LogP contribution in [0, 0.1) is 5.82 Å². The fourth-order valence-electron chi connectivity index (χ4n) is 1.85. The van der Waals surface area contributed by atoms with Gasteiger partial charge in [0.1, 0.15) is 5.82 Å². The quantitative estimate of drug-likeness (QED) is 0.655. The van der Waals surface area contributed by atoms with E-state index < -0.39 is 35.6 Å². The molecule has 13 heteroatoms. The molecule has 0 bridgehead atoms. The van der Waals surface area contributed by atoms with Crippen LogP contribution < -0.4 is 5.32 Å². The molecule has 0 atom stereocenters. The molecule has 148 valence electrons. The number of carbonyl (C=O) groups excluding carboxylic acids is 1. The van der Waals surface area contributed by atoms with Gasteiger partial charge in [-0.3, -0.25) is 9.48 Å². The summed E-state index contributed by atoms with van der Waals surface area (Å²) in [5.74, 6) is -16.7. The number of carbonyl (C=O) groups is 1. The Labute approximate surface area is 154 Å². The maximum Gasteiger partial charge on any atom is 0.460 e. The maximum atomic E-state index is 13.3. The van der Waals surface area contributed by atoms with Crippen LogP contribution in [0.1, 0.15) is 5.56 Å². The Kier molecular flexibility index (Phi) is 5.55. The van der Waals surface area contributed by atoms with Gasteiger partial charge in [0.2, 0.25) is 0 Å². The average molecular weight is 466 g/mol. The highest BCUT2D eigenvalue weighted by molar-refractivity contribution is 9.10. The molecule has 0 saturated heterocycles. The van der Waals surface area contributed by atoms with Gasteiger partial charge in [-0.05, 0) is 33.6 Å². The molecule has 2 aromatic rings. The van der Waals surface area contributed by atoms with E-state index in [1.165, 1.54) is 17.4 Å². The Balaban J connectivity index is 2.19. The van der Waals surface area contributed by atoms with Gasteiger partial charge < -0.3 is 5.32 Å². The van der Waals surface area contributed by atoms with Gasteiger partial charge in [0.25, 0.3) is 0 Å². The smallest absolute Gasteiger partial charge is 0.303 e. The van der Waals surface area contributed by atoms with Crippen molar-refractivity contribution < 1.29 is 39.9 Å². The fraction of sp³-hybridized carbons (Fsp3) is 0.286. The summed E-state index contributed by atoms with van der Waals surface area (Å²) in [6.45, 7) is -0.0240. The van der Waals surface area contributed by atoms with E-state index in [2.05, 4.69) is 21.0 Å². The first-order valence-corrected chi connectivity index (χ1v) is 7.66. The predicted octanol–water partition coefficient (Wildman–Crippen LogP) is 4.60. The van der Waals surface area contributed by atoms with E-state index >= 15 is 0 Å². The van der Waals surface area contributed by atoms with Gasteiger partial charge in [-0.25, -0.2) is 4.39 Å². The molecule has 1 aromatic carbocycles. The number of amides is 1. The molecule has 1 N–H and O–H groups in total. The monoisotopic (exact) mass is 465 g/mol. The fourth-order valence-corrected chi connectivity index (χ4v) is 2.26. The van der Waals surface area contributed by atoms with E-state index in [0.717, 1.165) is 23.0 Å². The molecule has 0 radical (unpaired) electrons. The Morgan fingerprint density at radius 3 is 2.15 bits per heavy atom. The van der Waals surface area contributed by atoms with Crippen molar-refractivity contribution in [2.24, 2.45) is 0 Å². The molecule has 2 rings (SSSR count). The molecule has 0 aliphatic rings. The van der Waals surface area contributed by atoms with Crippen LogP contribution in [-0.4, -0.2) is 33.7 Å². The number of halogens is 9. The second-order valence-electron chi connectivity index (χ2n) is 5.25. The summed E-state index contributed by atoms with van der Waals surface area (Å²) in [6.07, 6.45) is -5.48. The van der Waals surface area contributed by atoms with Crippen LogP contribution in [0.3, 0.4) is 0 Å². The molecule has 0 aliphatic heterocycles. The highest BCUT2D eigenvalue weighted by atomic mass is 79.9. The van der Waals surface area contributed by atoms with E-state index in [4.69, 9.17) is 0 Å². The average Bonchev–Trinajstić information content (AvgIpc) is 2.87. The molecule has 1 heterocycles. The first-order valence-electron chi connectivity index (χ1n) is 6.87. The second kappa shape index (κ2) is 7.09. The summed E-state index contributed by atoms with van der Waals surface area (Å²) < 4.78 is 103. The predicted molar refractivity (Wildman–Crippen MR) is 80.0 cm³/mol. The van der Waals surface area contributed by atoms with Crippen molar-refractivity contribution in [1.82, 2.24) is 9.78 Å². The van der Waals surface area contributed by atoms with Crippen molar-refractivity contribution in [3.63, 3.8) is 0 Å². The minimum atomic E-state index is -6.63. The van der Waals surface area contributed by atoms with Crippen molar-refractivity contribution in [3.8, 4) is 0 Å². The van der Waals surface area contributed by atoms with Gasteiger partial charge in [-0.1, -0.05) is 12.1 Å². The molecule has 0 spiro atoms. The first-order chi connectivity index (χ1) is 12.3. The van der Waals surface area contributed by atoms with Gasteiger partial charge in [-0.15, -0.1) is 0 Å². The normalized spacial score (nSPS) is 12.9. The second-order valence-corrected chi connectivity index (χ2v) is 6.10. The minimum absolute atomic E-state index is 0.0240. The molecule has 0 saturated carbocycles. The summed E-state index contributed by atoms with van der Waals surface area (Å²) in [5, 5.41) is 4.85. The van der Waals surface area contributed by atoms with Gasteiger partial charge in [-0.2, -0.15) is 35.8 Å². The zero-order chi connectivity index (χ0) is 20.6. The SMILES string of the molecule is O=C(Nc1nn(Cc2ccc(F)cc2)cc1Br)C(F)(F)C(F)(F)C(F)(F)F. The van der Waals surface area contributed by atoms with Gasteiger partial charge in [0, 0.05) is 6.20 Å². The first kappa shape index (κ1) is 21.1. The summed E-state index contributed by atoms with van der Waals surface area (Å²) in [6, 6.07) is 5.02. The number of nitrogens with zero attached hydrogens (tertiary/aromatic N) is 2. The van der Waals surface area contributed by atoms with Crippen molar-refractivity contribution in [3.05, 3.63) is 46.3 Å². The molecule has 1 amide bonds. The van der Waals surface area contributed by atoms with E-state index in [-0.39, 0.29) is 11.0 Å². The van der Waals surface area contributed by atoms with E-state index in [9.17, 15) is 39.9 Å². The van der Waals surface area contributed by atoms with Crippen molar-refractivity contribution in [2.45, 2.75) is 24.6 Å². The zero-order valence-corrected chi connectivity index (χ0v) is 14.4. The molecule has 1 aromatic heterocycles. The summed E-state index contributed by atoms with van der Waals surface area (Å²) in [7, 11) is 0. The molecule has 27 heavy (non-hydrogen) atoms. The minimum Gasteiger partial charge on any atom is -0.303 e. The Morgan fingerprint density at radius 1 is 1.07 bits per heavy atom. The third-order valence-electron chi connectivity index (χ3n) is 3.24. The van der Waals surface area contributed by atoms with Crippen LogP contribution >= 0.6 is 15.9 Å². The lowest BCUT2D eigenvalue weighted by molar-refractivity contribution is -0.343. The van der Waals surface area contributed by atoms with Crippen LogP contribution in [0.25, 0.3) is 0 Å². The molecular formula is C14H8BrF8N3O. The molecule has 0 unspecified atom stereocenters. The lowest BCUT2D eigenvalue weighted by Crippen LogP contribution is -2.57. The maximum absolute atomic E-state index is 13.3. The summed E-state index contributed by atoms with van der Waals surface area (Å²) >= 11 is 2.81. The number of anilines is 1. The topological polar surface area (TPSA) is 46.9 Å². The van der Waals surface area contributed by atoms with Crippen molar-refractivity contribution in [2.75, 3.05) is 5.32 Å². The highest BCUT2D eigenvalue weighted by Gasteiger charge is 2.76. The third kappa shape index (κ3) is 4.22. The molecule has 0 aliphatic carbocycles. The summed E-state index contributed by atoms with van der Waals surface area (Å²) in [5.41, 5.74) is 0.512. The number of hydrogen-bond acceptors (Lipinski definition) is 2. The van der Waals surface area contributed by atoms with Crippen LogP contribution in [0.2, 0.25) is 0 Å². The highest BCUT2D eigenvalue weighted by Crippen LogP contribution is 2.47. The number of benzene rings is 1. The van der Waals surface area contributed by atoms with Crippen LogP contribution in [0.5, 0.6) is 0 Å². The lowest BCUT2D eigenvalue weighted by atomic mass is 10.1. The van der Waals surface area contributed by atoms with Gasteiger partial charge in [0.05, 0.1) is 11.0 Å².